The van der Waals surface area contributed by atoms with Crippen molar-refractivity contribution in [1.82, 2.24) is 10.2 Å². The molecule has 1 fully saturated rings. The second-order valence-electron chi connectivity index (χ2n) is 6.90. The zero-order chi connectivity index (χ0) is 21.9. The lowest BCUT2D eigenvalue weighted by molar-refractivity contribution is -0.384. The monoisotopic (exact) mass is 452 g/mol. The number of amides is 2. The zero-order valence-electron chi connectivity index (χ0n) is 16.2. The van der Waals surface area contributed by atoms with Gasteiger partial charge in [0.1, 0.15) is 5.69 Å². The number of carbonyl (C=O) groups excluding carboxylic acids is 1. The number of benzene rings is 2. The van der Waals surface area contributed by atoms with Crippen LogP contribution in [0, 0.1) is 10.1 Å². The lowest BCUT2D eigenvalue weighted by Crippen LogP contribution is -2.51. The van der Waals surface area contributed by atoms with Crippen molar-refractivity contribution in [2.24, 2.45) is 0 Å². The first-order chi connectivity index (χ1) is 14.2. The molecule has 11 heteroatoms. The van der Waals surface area contributed by atoms with Crippen LogP contribution in [0.5, 0.6) is 0 Å². The molecule has 0 aromatic heterocycles. The zero-order valence-corrected chi connectivity index (χ0v) is 17.8. The van der Waals surface area contributed by atoms with Crippen LogP contribution in [0.3, 0.4) is 0 Å². The van der Waals surface area contributed by atoms with Crippen LogP contribution >= 0.6 is 11.6 Å². The first kappa shape index (κ1) is 21.8. The van der Waals surface area contributed by atoms with E-state index >= 15 is 0 Å². The molecular weight excluding hydrogens is 432 g/mol. The van der Waals surface area contributed by atoms with Crippen LogP contribution in [-0.4, -0.2) is 56.7 Å². The van der Waals surface area contributed by atoms with Gasteiger partial charge in [-0.25, -0.2) is 13.2 Å². The molecule has 0 unspecified atom stereocenters. The van der Waals surface area contributed by atoms with Gasteiger partial charge in [-0.3, -0.25) is 10.1 Å². The number of rotatable bonds is 5. The Hall–Kier alpha value is -2.85. The van der Waals surface area contributed by atoms with E-state index in [0.29, 0.717) is 43.4 Å². The average Bonchev–Trinajstić information content (AvgIpc) is 2.72. The van der Waals surface area contributed by atoms with E-state index in [1.165, 1.54) is 12.1 Å². The molecule has 2 aromatic carbocycles. The van der Waals surface area contributed by atoms with Crippen molar-refractivity contribution >= 4 is 38.8 Å². The summed E-state index contributed by atoms with van der Waals surface area (Å²) < 4.78 is 23.4. The Morgan fingerprint density at radius 2 is 1.83 bits per heavy atom. The summed E-state index contributed by atoms with van der Waals surface area (Å²) >= 11 is 6.10. The van der Waals surface area contributed by atoms with Gasteiger partial charge in [-0.2, -0.15) is 0 Å². The molecule has 0 spiro atoms. The van der Waals surface area contributed by atoms with E-state index in [2.05, 4.69) is 5.32 Å². The Kier molecular flexibility index (Phi) is 6.47. The average molecular weight is 453 g/mol. The molecule has 1 heterocycles. The minimum absolute atomic E-state index is 0.101. The molecule has 1 N–H and O–H groups in total. The van der Waals surface area contributed by atoms with Crippen LogP contribution in [0.15, 0.2) is 47.4 Å². The summed E-state index contributed by atoms with van der Waals surface area (Å²) in [7, 11) is -3.55. The highest BCUT2D eigenvalue weighted by atomic mass is 35.5. The highest BCUT2D eigenvalue weighted by Crippen LogP contribution is 2.31. The van der Waals surface area contributed by atoms with Gasteiger partial charge in [-0.1, -0.05) is 29.8 Å². The maximum Gasteiger partial charge on any atom is 0.317 e. The molecule has 1 saturated heterocycles. The Balaban J connectivity index is 1.64. The third-order valence-electron chi connectivity index (χ3n) is 4.87. The summed E-state index contributed by atoms with van der Waals surface area (Å²) in [4.78, 5) is 26.6. The standard InChI is InChI=1S/C19H21ClN4O5S/c1-30(28,29)15-6-7-17(18(12-15)24(26)27)22-8-10-23(11-9-22)19(25)21-13-14-4-2-3-5-16(14)20/h2-7,12H,8-11,13H2,1H3,(H,21,25). The molecule has 1 aliphatic rings. The molecule has 2 amide bonds. The normalized spacial score (nSPS) is 14.5. The molecule has 3 rings (SSSR count). The first-order valence-corrected chi connectivity index (χ1v) is 11.4. The smallest absolute Gasteiger partial charge is 0.317 e. The van der Waals surface area contributed by atoms with Crippen LogP contribution in [0.25, 0.3) is 0 Å². The molecule has 0 atom stereocenters. The van der Waals surface area contributed by atoms with Gasteiger partial charge in [-0.05, 0) is 23.8 Å². The third-order valence-corrected chi connectivity index (χ3v) is 6.35. The molecule has 9 nitrogen and oxygen atoms in total. The number of nitrogens with zero attached hydrogens (tertiary/aromatic N) is 3. The largest absolute Gasteiger partial charge is 0.362 e. The van der Waals surface area contributed by atoms with E-state index < -0.39 is 14.8 Å². The predicted octanol–water partition coefficient (Wildman–Crippen LogP) is 2.68. The highest BCUT2D eigenvalue weighted by Gasteiger charge is 2.27. The van der Waals surface area contributed by atoms with Crippen molar-refractivity contribution in [2.75, 3.05) is 37.3 Å². The number of nitro benzene ring substituents is 1. The Morgan fingerprint density at radius 3 is 2.43 bits per heavy atom. The van der Waals surface area contributed by atoms with Crippen molar-refractivity contribution in [3.8, 4) is 0 Å². The molecular formula is C19H21ClN4O5S. The number of nitrogens with one attached hydrogen (secondary N) is 1. The fourth-order valence-corrected chi connectivity index (χ4v) is 4.07. The van der Waals surface area contributed by atoms with E-state index in [4.69, 9.17) is 11.6 Å². The van der Waals surface area contributed by atoms with Gasteiger partial charge in [0.25, 0.3) is 5.69 Å². The Labute approximate surface area is 179 Å². The third kappa shape index (κ3) is 5.00. The van der Waals surface area contributed by atoms with Gasteiger partial charge in [0.2, 0.25) is 0 Å². The highest BCUT2D eigenvalue weighted by molar-refractivity contribution is 7.90. The number of piperazine rings is 1. The van der Waals surface area contributed by atoms with Crippen LogP contribution in [0.4, 0.5) is 16.2 Å². The molecule has 160 valence electrons. The summed E-state index contributed by atoms with van der Waals surface area (Å²) in [5.74, 6) is 0. The molecule has 0 bridgehead atoms. The summed E-state index contributed by atoms with van der Waals surface area (Å²) in [6.45, 7) is 1.83. The SMILES string of the molecule is CS(=O)(=O)c1ccc(N2CCN(C(=O)NCc3ccccc3Cl)CC2)c([N+](=O)[O-])c1. The van der Waals surface area contributed by atoms with E-state index in [0.717, 1.165) is 17.9 Å². The number of nitro groups is 1. The van der Waals surface area contributed by atoms with Gasteiger partial charge in [0, 0.05) is 50.1 Å². The predicted molar refractivity (Wildman–Crippen MR) is 114 cm³/mol. The van der Waals surface area contributed by atoms with Gasteiger partial charge < -0.3 is 15.1 Å². The topological polar surface area (TPSA) is 113 Å². The number of urea groups is 1. The van der Waals surface area contributed by atoms with Gasteiger partial charge in [-0.15, -0.1) is 0 Å². The molecule has 30 heavy (non-hydrogen) atoms. The number of hydrogen-bond acceptors (Lipinski definition) is 6. The number of halogens is 1. The van der Waals surface area contributed by atoms with Crippen LogP contribution in [0.1, 0.15) is 5.56 Å². The summed E-state index contributed by atoms with van der Waals surface area (Å²) in [6, 6.07) is 10.9. The molecule has 1 aliphatic heterocycles. The lowest BCUT2D eigenvalue weighted by Gasteiger charge is -2.35. The van der Waals surface area contributed by atoms with Gasteiger partial charge in [0.05, 0.1) is 9.82 Å². The molecule has 0 saturated carbocycles. The van der Waals surface area contributed by atoms with Gasteiger partial charge >= 0.3 is 6.03 Å². The van der Waals surface area contributed by atoms with Crippen LogP contribution < -0.4 is 10.2 Å². The Morgan fingerprint density at radius 1 is 1.17 bits per heavy atom. The van der Waals surface area contributed by atoms with E-state index in [9.17, 15) is 23.3 Å². The van der Waals surface area contributed by atoms with Crippen LogP contribution in [-0.2, 0) is 16.4 Å². The van der Waals surface area contributed by atoms with E-state index in [1.807, 2.05) is 18.2 Å². The number of carbonyl (C=O) groups is 1. The maximum absolute atomic E-state index is 12.4. The van der Waals surface area contributed by atoms with Gasteiger partial charge in [0.15, 0.2) is 9.84 Å². The van der Waals surface area contributed by atoms with Crippen molar-refractivity contribution in [2.45, 2.75) is 11.4 Å². The van der Waals surface area contributed by atoms with E-state index in [-0.39, 0.29) is 16.6 Å². The number of anilines is 1. The minimum Gasteiger partial charge on any atom is -0.362 e. The van der Waals surface area contributed by atoms with Crippen LogP contribution in [0.2, 0.25) is 5.02 Å². The fraction of sp³-hybridized carbons (Fsp3) is 0.316. The maximum atomic E-state index is 12.4. The molecule has 0 aliphatic carbocycles. The second-order valence-corrected chi connectivity index (χ2v) is 9.33. The first-order valence-electron chi connectivity index (χ1n) is 9.16. The molecule has 0 radical (unpaired) electrons. The summed E-state index contributed by atoms with van der Waals surface area (Å²) in [6.07, 6.45) is 1.01. The second kappa shape index (κ2) is 8.88. The Bertz CT molecular complexity index is 1070. The summed E-state index contributed by atoms with van der Waals surface area (Å²) in [5, 5.41) is 14.9. The number of sulfone groups is 1. The lowest BCUT2D eigenvalue weighted by atomic mass is 10.2. The number of hydrogen-bond donors (Lipinski definition) is 1. The quantitative estimate of drug-likeness (QED) is 0.551. The molecule has 2 aromatic rings. The minimum atomic E-state index is -3.55. The van der Waals surface area contributed by atoms with Crippen molar-refractivity contribution in [3.63, 3.8) is 0 Å². The van der Waals surface area contributed by atoms with Crippen molar-refractivity contribution < 1.29 is 18.1 Å². The van der Waals surface area contributed by atoms with E-state index in [1.54, 1.807) is 15.9 Å². The van der Waals surface area contributed by atoms with Crippen molar-refractivity contribution in [3.05, 3.63) is 63.2 Å². The fourth-order valence-electron chi connectivity index (χ4n) is 3.22. The van der Waals surface area contributed by atoms with Crippen molar-refractivity contribution in [1.29, 1.82) is 0 Å². The summed E-state index contributed by atoms with van der Waals surface area (Å²) in [5.41, 5.74) is 0.880.